The number of H-pyrrole nitrogens is 1. The third kappa shape index (κ3) is 5.43. The highest BCUT2D eigenvalue weighted by molar-refractivity contribution is 7.89. The van der Waals surface area contributed by atoms with Crippen molar-refractivity contribution in [3.63, 3.8) is 0 Å². The minimum absolute atomic E-state index is 0.0915. The zero-order chi connectivity index (χ0) is 32.7. The van der Waals surface area contributed by atoms with Crippen molar-refractivity contribution in [2.45, 2.75) is 17.2 Å². The predicted molar refractivity (Wildman–Crippen MR) is 186 cm³/mol. The first-order valence-electron chi connectivity index (χ1n) is 15.3. The van der Waals surface area contributed by atoms with Gasteiger partial charge in [-0.2, -0.15) is 0 Å². The van der Waals surface area contributed by atoms with E-state index in [2.05, 4.69) is 9.71 Å². The number of pyridine rings is 1. The Morgan fingerprint density at radius 2 is 1.53 bits per heavy atom. The lowest BCUT2D eigenvalue weighted by Gasteiger charge is -2.22. The van der Waals surface area contributed by atoms with Crippen LogP contribution in [0.5, 0.6) is 11.5 Å². The highest BCUT2D eigenvalue weighted by Gasteiger charge is 2.30. The monoisotopic (exact) mass is 643 g/mol. The van der Waals surface area contributed by atoms with Gasteiger partial charge in [0, 0.05) is 35.6 Å². The molecule has 9 heteroatoms. The first-order chi connectivity index (χ1) is 22.8. The molecule has 0 fully saturated rings. The van der Waals surface area contributed by atoms with Gasteiger partial charge in [0.2, 0.25) is 10.0 Å². The van der Waals surface area contributed by atoms with Gasteiger partial charge in [0.15, 0.2) is 0 Å². The number of methoxy groups -OCH3 is 1. The van der Waals surface area contributed by atoms with Crippen molar-refractivity contribution in [2.75, 3.05) is 13.7 Å². The quantitative estimate of drug-likeness (QED) is 0.164. The fourth-order valence-corrected chi connectivity index (χ4v) is 7.57. The predicted octanol–water partition coefficient (Wildman–Crippen LogP) is 6.59. The number of nitrogens with zero attached hydrogens (tertiary/aromatic N) is 1. The maximum absolute atomic E-state index is 14.1. The van der Waals surface area contributed by atoms with Crippen LogP contribution in [0.1, 0.15) is 28.3 Å². The number of rotatable bonds is 9. The summed E-state index contributed by atoms with van der Waals surface area (Å²) in [5, 5.41) is 15.0. The number of aromatic hydroxyl groups is 1. The number of benzene rings is 5. The zero-order valence-electron chi connectivity index (χ0n) is 25.9. The van der Waals surface area contributed by atoms with E-state index in [1.807, 2.05) is 84.9 Å². The molecule has 7 rings (SSSR count). The molecule has 0 aliphatic carbocycles. The second kappa shape index (κ2) is 12.1. The molecule has 0 aliphatic rings. The average Bonchev–Trinajstić information content (AvgIpc) is 3.46. The van der Waals surface area contributed by atoms with Crippen LogP contribution in [0.15, 0.2) is 125 Å². The number of ether oxygens (including phenoxy) is 1. The van der Waals surface area contributed by atoms with Gasteiger partial charge in [-0.15, -0.1) is 0 Å². The van der Waals surface area contributed by atoms with Crippen LogP contribution in [0.4, 0.5) is 0 Å². The van der Waals surface area contributed by atoms with Gasteiger partial charge in [0.1, 0.15) is 11.5 Å². The summed E-state index contributed by atoms with van der Waals surface area (Å²) in [7, 11) is -0.524. The molecule has 3 N–H and O–H groups in total. The summed E-state index contributed by atoms with van der Waals surface area (Å²) in [6.45, 7) is 0.112. The number of fused-ring (bicyclic) bond motifs is 3. The third-order valence-electron chi connectivity index (χ3n) is 8.88. The summed E-state index contributed by atoms with van der Waals surface area (Å²) in [5.74, 6) is -0.141. The van der Waals surface area contributed by atoms with Gasteiger partial charge in [-0.05, 0) is 70.8 Å². The van der Waals surface area contributed by atoms with Gasteiger partial charge in [-0.3, -0.25) is 4.79 Å². The molecule has 2 heterocycles. The van der Waals surface area contributed by atoms with Crippen LogP contribution in [-0.4, -0.2) is 36.7 Å². The lowest BCUT2D eigenvalue weighted by Crippen LogP contribution is -2.27. The molecule has 0 saturated carbocycles. The summed E-state index contributed by atoms with van der Waals surface area (Å²) in [4.78, 5) is 17.8. The maximum atomic E-state index is 14.1. The molecule has 1 atom stereocenters. The highest BCUT2D eigenvalue weighted by atomic mass is 32.2. The van der Waals surface area contributed by atoms with E-state index < -0.39 is 15.9 Å². The molecule has 7 aromatic rings. The van der Waals surface area contributed by atoms with E-state index in [-0.39, 0.29) is 28.3 Å². The molecular formula is C38H33N3O5S. The normalized spacial score (nSPS) is 12.6. The topological polar surface area (TPSA) is 113 Å². The number of hydrogen-bond acceptors (Lipinski definition) is 5. The number of sulfonamides is 1. The first-order valence-corrected chi connectivity index (χ1v) is 16.8. The molecule has 0 radical (unpaired) electrons. The second-order valence-electron chi connectivity index (χ2n) is 11.6. The minimum Gasteiger partial charge on any atom is -0.507 e. The molecule has 5 aromatic carbocycles. The number of aryl methyl sites for hydroxylation is 1. The molecule has 236 valence electrons. The van der Waals surface area contributed by atoms with Crippen molar-refractivity contribution in [3.05, 3.63) is 148 Å². The SMILES string of the molecule is COc1ccc(C(c2[nH]c3ccccc3c2CCNS(=O)(=O)c2ccc3ccccc3c2)c2c(O)c3ccccc3n(C)c2=O)cc1. The lowest BCUT2D eigenvalue weighted by atomic mass is 9.85. The fraction of sp³-hybridized carbons (Fsp3) is 0.132. The van der Waals surface area contributed by atoms with E-state index in [1.165, 1.54) is 0 Å². The van der Waals surface area contributed by atoms with Crippen LogP contribution in [0.3, 0.4) is 0 Å². The van der Waals surface area contributed by atoms with E-state index in [0.29, 0.717) is 28.8 Å². The molecule has 0 bridgehead atoms. The van der Waals surface area contributed by atoms with Crippen LogP contribution in [0.25, 0.3) is 32.6 Å². The van der Waals surface area contributed by atoms with Crippen molar-refractivity contribution >= 4 is 42.6 Å². The van der Waals surface area contributed by atoms with E-state index in [1.54, 1.807) is 49.1 Å². The van der Waals surface area contributed by atoms with Crippen LogP contribution >= 0.6 is 0 Å². The largest absolute Gasteiger partial charge is 0.507 e. The van der Waals surface area contributed by atoms with Crippen molar-refractivity contribution in [1.82, 2.24) is 14.3 Å². The number of nitrogens with one attached hydrogen (secondary N) is 2. The van der Waals surface area contributed by atoms with Gasteiger partial charge >= 0.3 is 0 Å². The number of aromatic amines is 1. The van der Waals surface area contributed by atoms with Crippen molar-refractivity contribution in [1.29, 1.82) is 0 Å². The molecule has 0 saturated heterocycles. The molecule has 0 aliphatic heterocycles. The average molecular weight is 644 g/mol. The Morgan fingerprint density at radius 3 is 2.30 bits per heavy atom. The summed E-state index contributed by atoms with van der Waals surface area (Å²) in [6.07, 6.45) is 0.327. The summed E-state index contributed by atoms with van der Waals surface area (Å²) < 4.78 is 36.6. The molecular weight excluding hydrogens is 611 g/mol. The van der Waals surface area contributed by atoms with Crippen molar-refractivity contribution in [3.8, 4) is 11.5 Å². The minimum atomic E-state index is -3.81. The van der Waals surface area contributed by atoms with Crippen LogP contribution in [0.2, 0.25) is 0 Å². The standard InChI is InChI=1S/C38H33N3O5S/c1-41-33-14-8-6-12-31(33)37(42)35(38(41)43)34(25-15-18-27(46-2)19-16-25)36-30(29-11-5-7-13-32(29)40-36)21-22-39-47(44,45)28-20-17-24-9-3-4-10-26(24)23-28/h3-20,23,34,39-40,42H,21-22H2,1-2H3. The van der Waals surface area contributed by atoms with E-state index in [9.17, 15) is 18.3 Å². The first kappa shape index (κ1) is 30.3. The van der Waals surface area contributed by atoms with Gasteiger partial charge in [0.05, 0.1) is 29.0 Å². The molecule has 1 unspecified atom stereocenters. The Kier molecular flexibility index (Phi) is 7.79. The fourth-order valence-electron chi connectivity index (χ4n) is 6.50. The molecule has 0 spiro atoms. The highest BCUT2D eigenvalue weighted by Crippen LogP contribution is 2.41. The Morgan fingerprint density at radius 1 is 0.851 bits per heavy atom. The Labute approximate surface area is 271 Å². The summed E-state index contributed by atoms with van der Waals surface area (Å²) in [6, 6.07) is 35.2. The summed E-state index contributed by atoms with van der Waals surface area (Å²) >= 11 is 0. The Bertz CT molecular complexity index is 2450. The Balaban J connectivity index is 1.35. The molecule has 8 nitrogen and oxygen atoms in total. The number of aromatic nitrogens is 2. The van der Waals surface area contributed by atoms with Crippen molar-refractivity contribution in [2.24, 2.45) is 7.05 Å². The van der Waals surface area contributed by atoms with E-state index >= 15 is 0 Å². The van der Waals surface area contributed by atoms with E-state index in [0.717, 1.165) is 32.8 Å². The Hall–Kier alpha value is -5.38. The maximum Gasteiger partial charge on any atom is 0.258 e. The number of para-hydroxylation sites is 2. The molecule has 2 aromatic heterocycles. The molecule has 47 heavy (non-hydrogen) atoms. The zero-order valence-corrected chi connectivity index (χ0v) is 26.7. The van der Waals surface area contributed by atoms with Gasteiger partial charge < -0.3 is 19.4 Å². The lowest BCUT2D eigenvalue weighted by molar-refractivity contribution is 0.414. The van der Waals surface area contributed by atoms with Crippen LogP contribution in [-0.2, 0) is 23.5 Å². The smallest absolute Gasteiger partial charge is 0.258 e. The van der Waals surface area contributed by atoms with Gasteiger partial charge in [0.25, 0.3) is 5.56 Å². The number of hydrogen-bond donors (Lipinski definition) is 3. The van der Waals surface area contributed by atoms with Gasteiger partial charge in [-0.25, -0.2) is 13.1 Å². The van der Waals surface area contributed by atoms with E-state index in [4.69, 9.17) is 4.74 Å². The second-order valence-corrected chi connectivity index (χ2v) is 13.3. The van der Waals surface area contributed by atoms with Crippen LogP contribution in [0, 0.1) is 0 Å². The molecule has 0 amide bonds. The third-order valence-corrected chi connectivity index (χ3v) is 10.3. The van der Waals surface area contributed by atoms with Crippen LogP contribution < -0.4 is 15.0 Å². The van der Waals surface area contributed by atoms with Gasteiger partial charge in [-0.1, -0.05) is 72.8 Å². The van der Waals surface area contributed by atoms with Crippen molar-refractivity contribution < 1.29 is 18.3 Å². The summed E-state index contributed by atoms with van der Waals surface area (Å²) in [5.41, 5.74) is 3.65.